The zero-order chi connectivity index (χ0) is 22.3. The van der Waals surface area contributed by atoms with Crippen molar-refractivity contribution in [2.24, 2.45) is 0 Å². The van der Waals surface area contributed by atoms with Crippen LogP contribution in [0.1, 0.15) is 29.6 Å². The molecule has 0 aliphatic carbocycles. The van der Waals surface area contributed by atoms with E-state index in [9.17, 15) is 9.59 Å². The molecule has 0 aromatic heterocycles. The number of likely N-dealkylation sites (tertiary alicyclic amines) is 1. The maximum absolute atomic E-state index is 12.7. The number of ether oxygens (including phenoxy) is 1. The van der Waals surface area contributed by atoms with Gasteiger partial charge in [0.1, 0.15) is 5.75 Å². The lowest BCUT2D eigenvalue weighted by atomic mass is 10.1. The van der Waals surface area contributed by atoms with Crippen LogP contribution in [0.3, 0.4) is 0 Å². The number of anilines is 1. The lowest BCUT2D eigenvalue weighted by Gasteiger charge is -2.26. The highest BCUT2D eigenvalue weighted by atomic mass is 79.9. The molecule has 1 fully saturated rings. The summed E-state index contributed by atoms with van der Waals surface area (Å²) in [4.78, 5) is 27.0. The summed E-state index contributed by atoms with van der Waals surface area (Å²) >= 11 is 3.53. The van der Waals surface area contributed by atoms with Gasteiger partial charge in [0.2, 0.25) is 0 Å². The number of amides is 2. The molecular formula is C26H25BrN2O3. The number of nitrogens with zero attached hydrogens (tertiary/aromatic N) is 1. The first-order valence-electron chi connectivity index (χ1n) is 10.8. The first-order valence-corrected chi connectivity index (χ1v) is 11.6. The molecule has 3 aromatic carbocycles. The fourth-order valence-corrected chi connectivity index (χ4v) is 4.27. The van der Waals surface area contributed by atoms with E-state index in [1.807, 2.05) is 53.4 Å². The molecule has 0 radical (unpaired) electrons. The molecule has 0 spiro atoms. The van der Waals surface area contributed by atoms with Crippen LogP contribution >= 0.6 is 15.9 Å². The average molecular weight is 493 g/mol. The molecule has 4 rings (SSSR count). The Morgan fingerprint density at radius 3 is 2.41 bits per heavy atom. The molecule has 1 N–H and O–H groups in total. The molecule has 1 heterocycles. The standard InChI is InChI=1S/C26H25BrN2O3/c27-23-17-20(19-8-3-1-4-9-19)12-13-24(23)32-18-25(30)28-22-11-7-10-21(16-22)26(31)29-14-5-2-6-15-29/h1,3-4,7-13,16-17H,2,5-6,14-15,18H2,(H,28,30). The van der Waals surface area contributed by atoms with Gasteiger partial charge in [-0.2, -0.15) is 0 Å². The van der Waals surface area contributed by atoms with E-state index in [1.165, 1.54) is 6.42 Å². The fraction of sp³-hybridized carbons (Fsp3) is 0.231. The Hall–Kier alpha value is -3.12. The van der Waals surface area contributed by atoms with Crippen LogP contribution in [0, 0.1) is 0 Å². The van der Waals surface area contributed by atoms with E-state index in [1.54, 1.807) is 24.3 Å². The normalized spacial score (nSPS) is 13.5. The largest absolute Gasteiger partial charge is 0.483 e. The van der Waals surface area contributed by atoms with Crippen LogP contribution in [0.15, 0.2) is 77.3 Å². The third-order valence-corrected chi connectivity index (χ3v) is 6.05. The number of carbonyl (C=O) groups is 2. The third-order valence-electron chi connectivity index (χ3n) is 5.43. The molecular weight excluding hydrogens is 468 g/mol. The van der Waals surface area contributed by atoms with Crippen LogP contribution in [-0.4, -0.2) is 36.4 Å². The molecule has 1 aliphatic rings. The minimum absolute atomic E-state index is 0.0134. The minimum atomic E-state index is -0.286. The van der Waals surface area contributed by atoms with Crippen LogP contribution in [0.5, 0.6) is 5.75 Å². The number of hydrogen-bond acceptors (Lipinski definition) is 3. The number of piperidine rings is 1. The van der Waals surface area contributed by atoms with Crippen molar-refractivity contribution in [2.45, 2.75) is 19.3 Å². The van der Waals surface area contributed by atoms with E-state index in [0.717, 1.165) is 41.5 Å². The van der Waals surface area contributed by atoms with E-state index in [4.69, 9.17) is 4.74 Å². The molecule has 6 heteroatoms. The number of rotatable bonds is 6. The molecule has 3 aromatic rings. The van der Waals surface area contributed by atoms with Gasteiger partial charge in [-0.15, -0.1) is 0 Å². The van der Waals surface area contributed by atoms with E-state index in [0.29, 0.717) is 17.0 Å². The van der Waals surface area contributed by atoms with Crippen molar-refractivity contribution in [3.63, 3.8) is 0 Å². The van der Waals surface area contributed by atoms with Crippen LogP contribution in [0.4, 0.5) is 5.69 Å². The van der Waals surface area contributed by atoms with Crippen molar-refractivity contribution in [1.82, 2.24) is 4.90 Å². The smallest absolute Gasteiger partial charge is 0.262 e. The van der Waals surface area contributed by atoms with Gasteiger partial charge in [0.25, 0.3) is 11.8 Å². The lowest BCUT2D eigenvalue weighted by molar-refractivity contribution is -0.118. The minimum Gasteiger partial charge on any atom is -0.483 e. The zero-order valence-corrected chi connectivity index (χ0v) is 19.3. The Morgan fingerprint density at radius 2 is 1.66 bits per heavy atom. The van der Waals surface area contributed by atoms with E-state index in [-0.39, 0.29) is 18.4 Å². The molecule has 5 nitrogen and oxygen atoms in total. The summed E-state index contributed by atoms with van der Waals surface area (Å²) in [5, 5.41) is 2.82. The number of carbonyl (C=O) groups excluding carboxylic acids is 2. The summed E-state index contributed by atoms with van der Waals surface area (Å²) in [7, 11) is 0. The van der Waals surface area contributed by atoms with Crippen molar-refractivity contribution >= 4 is 33.4 Å². The van der Waals surface area contributed by atoms with E-state index < -0.39 is 0 Å². The molecule has 0 saturated carbocycles. The second-order valence-electron chi connectivity index (χ2n) is 7.78. The highest BCUT2D eigenvalue weighted by Crippen LogP contribution is 2.30. The van der Waals surface area contributed by atoms with Crippen molar-refractivity contribution in [3.8, 4) is 16.9 Å². The first-order chi connectivity index (χ1) is 15.6. The Morgan fingerprint density at radius 1 is 0.875 bits per heavy atom. The molecule has 164 valence electrons. The molecule has 0 atom stereocenters. The summed E-state index contributed by atoms with van der Waals surface area (Å²) in [6.45, 7) is 1.45. The highest BCUT2D eigenvalue weighted by Gasteiger charge is 2.18. The summed E-state index contributed by atoms with van der Waals surface area (Å²) in [6.07, 6.45) is 3.26. The SMILES string of the molecule is O=C(COc1ccc(-c2ccccc2)cc1Br)Nc1cccc(C(=O)N2CCCCC2)c1. The number of hydrogen-bond donors (Lipinski definition) is 1. The highest BCUT2D eigenvalue weighted by molar-refractivity contribution is 9.10. The lowest BCUT2D eigenvalue weighted by Crippen LogP contribution is -2.35. The number of nitrogens with one attached hydrogen (secondary N) is 1. The maximum atomic E-state index is 12.7. The van der Waals surface area contributed by atoms with E-state index in [2.05, 4.69) is 21.2 Å². The topological polar surface area (TPSA) is 58.6 Å². The van der Waals surface area contributed by atoms with Crippen LogP contribution in [0.25, 0.3) is 11.1 Å². The predicted octanol–water partition coefficient (Wildman–Crippen LogP) is 5.76. The third kappa shape index (κ3) is 5.56. The zero-order valence-electron chi connectivity index (χ0n) is 17.7. The van der Waals surface area contributed by atoms with Crippen LogP contribution in [0.2, 0.25) is 0 Å². The van der Waals surface area contributed by atoms with Crippen molar-refractivity contribution in [1.29, 1.82) is 0 Å². The molecule has 1 saturated heterocycles. The molecule has 32 heavy (non-hydrogen) atoms. The quantitative estimate of drug-likeness (QED) is 0.475. The average Bonchev–Trinajstić information content (AvgIpc) is 2.84. The van der Waals surface area contributed by atoms with Crippen LogP contribution in [-0.2, 0) is 4.79 Å². The molecule has 2 amide bonds. The Bertz CT molecular complexity index is 1100. The van der Waals surface area contributed by atoms with Gasteiger partial charge in [0, 0.05) is 24.3 Å². The maximum Gasteiger partial charge on any atom is 0.262 e. The predicted molar refractivity (Wildman–Crippen MR) is 130 cm³/mol. The Labute approximate surface area is 196 Å². The van der Waals surface area contributed by atoms with Gasteiger partial charge in [-0.25, -0.2) is 0 Å². The van der Waals surface area contributed by atoms with Gasteiger partial charge in [0.15, 0.2) is 6.61 Å². The van der Waals surface area contributed by atoms with Crippen molar-refractivity contribution < 1.29 is 14.3 Å². The summed E-state index contributed by atoms with van der Waals surface area (Å²) < 4.78 is 6.48. The first kappa shape index (κ1) is 22.1. The van der Waals surface area contributed by atoms with Gasteiger partial charge < -0.3 is 15.0 Å². The van der Waals surface area contributed by atoms with E-state index >= 15 is 0 Å². The van der Waals surface area contributed by atoms with Gasteiger partial charge in [-0.05, 0) is 76.7 Å². The van der Waals surface area contributed by atoms with Crippen molar-refractivity contribution in [2.75, 3.05) is 25.0 Å². The second kappa shape index (κ2) is 10.5. The second-order valence-corrected chi connectivity index (χ2v) is 8.64. The monoisotopic (exact) mass is 492 g/mol. The number of benzene rings is 3. The summed E-state index contributed by atoms with van der Waals surface area (Å²) in [5.74, 6) is 0.319. The summed E-state index contributed by atoms with van der Waals surface area (Å²) in [6, 6.07) is 22.9. The Balaban J connectivity index is 1.35. The van der Waals surface area contributed by atoms with Crippen LogP contribution < -0.4 is 10.1 Å². The summed E-state index contributed by atoms with van der Waals surface area (Å²) in [5.41, 5.74) is 3.34. The molecule has 1 aliphatic heterocycles. The van der Waals surface area contributed by atoms with Crippen molar-refractivity contribution in [3.05, 3.63) is 82.8 Å². The Kier molecular flexibility index (Phi) is 7.22. The van der Waals surface area contributed by atoms with Gasteiger partial charge >= 0.3 is 0 Å². The number of halogens is 1. The van der Waals surface area contributed by atoms with Gasteiger partial charge in [-0.1, -0.05) is 42.5 Å². The van der Waals surface area contributed by atoms with Gasteiger partial charge in [-0.3, -0.25) is 9.59 Å². The molecule has 0 bridgehead atoms. The van der Waals surface area contributed by atoms with Gasteiger partial charge in [0.05, 0.1) is 4.47 Å². The fourth-order valence-electron chi connectivity index (χ4n) is 3.78. The molecule has 0 unspecified atom stereocenters.